The van der Waals surface area contributed by atoms with Crippen molar-refractivity contribution in [3.05, 3.63) is 42.5 Å². The van der Waals surface area contributed by atoms with Crippen LogP contribution in [-0.2, 0) is 11.3 Å². The number of hydrogen-bond acceptors (Lipinski definition) is 3. The molecule has 1 unspecified atom stereocenters. The first kappa shape index (κ1) is 16.5. The Balaban J connectivity index is 1.91. The number of rotatable bonds is 3. The fraction of sp³-hybridized carbons (Fsp3) is 0.143. The third kappa shape index (κ3) is 3.02. The molecular formula is C14H9F4NO4S. The van der Waals surface area contributed by atoms with Crippen LogP contribution >= 0.6 is 0 Å². The van der Waals surface area contributed by atoms with Gasteiger partial charge in [-0.2, -0.15) is 17.6 Å². The lowest BCUT2D eigenvalue weighted by atomic mass is 10.0. The highest BCUT2D eigenvalue weighted by Crippen LogP contribution is 2.47. The zero-order valence-electron chi connectivity index (χ0n) is 11.6. The second kappa shape index (κ2) is 5.64. The van der Waals surface area contributed by atoms with Crippen LogP contribution in [0.2, 0.25) is 0 Å². The summed E-state index contributed by atoms with van der Waals surface area (Å²) in [5.74, 6) is -1.01. The first-order chi connectivity index (χ1) is 11.2. The van der Waals surface area contributed by atoms with Crippen molar-refractivity contribution in [1.29, 1.82) is 0 Å². The minimum atomic E-state index is -4.78. The standard InChI is InChI=1S/C14H9F4NO4S/c15-13(16)14(17,18)23-12-7-9(3-6-11(12)22-13)8-1-4-10(5-2-8)19-24(20)21/h1-7,19H,(H,20,21). The molecule has 1 aliphatic heterocycles. The number of halogens is 4. The lowest BCUT2D eigenvalue weighted by Crippen LogP contribution is -2.52. The third-order valence-electron chi connectivity index (χ3n) is 3.18. The molecule has 0 fully saturated rings. The topological polar surface area (TPSA) is 67.8 Å². The minimum absolute atomic E-state index is 0.364. The van der Waals surface area contributed by atoms with Crippen LogP contribution in [0, 0.1) is 0 Å². The molecule has 2 aromatic rings. The summed E-state index contributed by atoms with van der Waals surface area (Å²) >= 11 is -2.23. The van der Waals surface area contributed by atoms with Crippen molar-refractivity contribution in [2.75, 3.05) is 4.72 Å². The molecule has 0 saturated carbocycles. The lowest BCUT2D eigenvalue weighted by molar-refractivity contribution is -0.391. The Hall–Kier alpha value is -2.33. The zero-order valence-corrected chi connectivity index (χ0v) is 12.5. The normalized spacial score (nSPS) is 18.7. The fourth-order valence-corrected chi connectivity index (χ4v) is 2.42. The highest BCUT2D eigenvalue weighted by atomic mass is 32.2. The van der Waals surface area contributed by atoms with E-state index in [-0.39, 0.29) is 0 Å². The van der Waals surface area contributed by atoms with Gasteiger partial charge in [0.15, 0.2) is 11.5 Å². The molecule has 2 N–H and O–H groups in total. The number of ether oxygens (including phenoxy) is 2. The average Bonchev–Trinajstić information content (AvgIpc) is 2.47. The van der Waals surface area contributed by atoms with Gasteiger partial charge in [-0.25, -0.2) is 4.21 Å². The summed E-state index contributed by atoms with van der Waals surface area (Å²) in [5, 5.41) is 0. The van der Waals surface area contributed by atoms with E-state index in [2.05, 4.69) is 14.2 Å². The average molecular weight is 363 g/mol. The molecule has 5 nitrogen and oxygen atoms in total. The number of benzene rings is 2. The van der Waals surface area contributed by atoms with Gasteiger partial charge in [0.2, 0.25) is 0 Å². The van der Waals surface area contributed by atoms with E-state index in [9.17, 15) is 21.8 Å². The lowest BCUT2D eigenvalue weighted by Gasteiger charge is -2.32. The van der Waals surface area contributed by atoms with Crippen molar-refractivity contribution in [3.8, 4) is 22.6 Å². The second-order valence-electron chi connectivity index (χ2n) is 4.83. The molecule has 0 saturated heterocycles. The van der Waals surface area contributed by atoms with E-state index in [0.29, 0.717) is 16.8 Å². The molecule has 0 bridgehead atoms. The largest absolute Gasteiger partial charge is 0.507 e. The molecule has 0 radical (unpaired) electrons. The van der Waals surface area contributed by atoms with E-state index < -0.39 is 35.0 Å². The van der Waals surface area contributed by atoms with Crippen LogP contribution < -0.4 is 14.2 Å². The predicted octanol–water partition coefficient (Wildman–Crippen LogP) is 3.86. The predicted molar refractivity (Wildman–Crippen MR) is 77.4 cm³/mol. The fourth-order valence-electron chi connectivity index (χ4n) is 2.08. The number of anilines is 1. The Morgan fingerprint density at radius 1 is 0.875 bits per heavy atom. The van der Waals surface area contributed by atoms with Gasteiger partial charge >= 0.3 is 12.2 Å². The maximum atomic E-state index is 13.2. The molecule has 2 aromatic carbocycles. The van der Waals surface area contributed by atoms with Gasteiger partial charge in [-0.15, -0.1) is 0 Å². The van der Waals surface area contributed by atoms with Crippen LogP contribution in [0.1, 0.15) is 0 Å². The number of alkyl halides is 4. The molecule has 0 aliphatic carbocycles. The van der Waals surface area contributed by atoms with Crippen LogP contribution in [-0.4, -0.2) is 21.0 Å². The van der Waals surface area contributed by atoms with Gasteiger partial charge in [0.1, 0.15) is 0 Å². The summed E-state index contributed by atoms with van der Waals surface area (Å²) in [4.78, 5) is 0. The van der Waals surface area contributed by atoms with E-state index >= 15 is 0 Å². The molecule has 10 heteroatoms. The Morgan fingerprint density at radius 2 is 1.42 bits per heavy atom. The smallest absolute Gasteiger partial charge is 0.421 e. The SMILES string of the molecule is O=S(O)Nc1ccc(-c2ccc3c(c2)OC(F)(F)C(F)(F)O3)cc1. The van der Waals surface area contributed by atoms with Crippen molar-refractivity contribution >= 4 is 17.0 Å². The number of hydrogen-bond donors (Lipinski definition) is 2. The van der Waals surface area contributed by atoms with Gasteiger partial charge in [0.25, 0.3) is 11.3 Å². The van der Waals surface area contributed by atoms with Crippen LogP contribution in [0.25, 0.3) is 11.1 Å². The summed E-state index contributed by atoms with van der Waals surface area (Å²) in [5.41, 5.74) is 1.33. The van der Waals surface area contributed by atoms with Crippen molar-refractivity contribution in [1.82, 2.24) is 0 Å². The van der Waals surface area contributed by atoms with Gasteiger partial charge in [-0.1, -0.05) is 18.2 Å². The minimum Gasteiger partial charge on any atom is -0.421 e. The summed E-state index contributed by atoms with van der Waals surface area (Å²) in [6, 6.07) is 9.72. The monoisotopic (exact) mass is 363 g/mol. The van der Waals surface area contributed by atoms with E-state index in [4.69, 9.17) is 4.55 Å². The molecule has 0 spiro atoms. The summed E-state index contributed by atoms with van der Waals surface area (Å²) in [7, 11) is 0. The molecule has 0 aromatic heterocycles. The Bertz CT molecular complexity index is 798. The van der Waals surface area contributed by atoms with Crippen LogP contribution in [0.3, 0.4) is 0 Å². The molecule has 128 valence electrons. The molecule has 3 rings (SSSR count). The molecule has 1 atom stereocenters. The molecule has 1 heterocycles. The Labute approximate surface area is 135 Å². The van der Waals surface area contributed by atoms with E-state index in [1.165, 1.54) is 18.2 Å². The van der Waals surface area contributed by atoms with Gasteiger partial charge in [0.05, 0.1) is 0 Å². The van der Waals surface area contributed by atoms with Crippen molar-refractivity contribution in [2.45, 2.75) is 12.2 Å². The Morgan fingerprint density at radius 3 is 2.00 bits per heavy atom. The van der Waals surface area contributed by atoms with Gasteiger partial charge in [-0.05, 0) is 35.4 Å². The Kier molecular flexibility index (Phi) is 3.88. The second-order valence-corrected chi connectivity index (χ2v) is 5.53. The zero-order chi connectivity index (χ0) is 17.5. The number of nitrogens with one attached hydrogen (secondary N) is 1. The maximum absolute atomic E-state index is 13.2. The van der Waals surface area contributed by atoms with Crippen molar-refractivity contribution in [3.63, 3.8) is 0 Å². The maximum Gasteiger partial charge on any atom is 0.507 e. The van der Waals surface area contributed by atoms with Crippen LogP contribution in [0.4, 0.5) is 23.2 Å². The van der Waals surface area contributed by atoms with Crippen LogP contribution in [0.15, 0.2) is 42.5 Å². The number of fused-ring (bicyclic) bond motifs is 1. The summed E-state index contributed by atoms with van der Waals surface area (Å²) < 4.78 is 82.3. The molecular weight excluding hydrogens is 354 g/mol. The van der Waals surface area contributed by atoms with Crippen molar-refractivity contribution < 1.29 is 35.8 Å². The van der Waals surface area contributed by atoms with Gasteiger partial charge in [0, 0.05) is 5.69 Å². The van der Waals surface area contributed by atoms with Crippen molar-refractivity contribution in [2.24, 2.45) is 0 Å². The highest BCUT2D eigenvalue weighted by Gasteiger charge is 2.65. The van der Waals surface area contributed by atoms with E-state index in [0.717, 1.165) is 12.1 Å². The summed E-state index contributed by atoms with van der Waals surface area (Å²) in [6.07, 6.45) is -9.54. The quantitative estimate of drug-likeness (QED) is 0.642. The van der Waals surface area contributed by atoms with E-state index in [1.54, 1.807) is 12.1 Å². The molecule has 24 heavy (non-hydrogen) atoms. The molecule has 1 aliphatic rings. The van der Waals surface area contributed by atoms with Gasteiger partial charge < -0.3 is 9.47 Å². The first-order valence-electron chi connectivity index (χ1n) is 6.44. The van der Waals surface area contributed by atoms with Crippen LogP contribution in [0.5, 0.6) is 11.5 Å². The molecule has 0 amide bonds. The highest BCUT2D eigenvalue weighted by molar-refractivity contribution is 7.80. The third-order valence-corrected chi connectivity index (χ3v) is 3.59. The van der Waals surface area contributed by atoms with E-state index in [1.807, 2.05) is 0 Å². The first-order valence-corrected chi connectivity index (χ1v) is 7.54. The summed E-state index contributed by atoms with van der Waals surface area (Å²) in [6.45, 7) is 0. The van der Waals surface area contributed by atoms with Gasteiger partial charge in [-0.3, -0.25) is 9.27 Å².